The summed E-state index contributed by atoms with van der Waals surface area (Å²) in [6, 6.07) is 16.4. The largest absolute Gasteiger partial charge is 0.636 e. The Hall–Kier alpha value is -2.60. The minimum Gasteiger partial charge on any atom is -0.494 e. The van der Waals surface area contributed by atoms with Crippen LogP contribution in [0.5, 0.6) is 0 Å². The maximum Gasteiger partial charge on any atom is 0.636 e. The average Bonchev–Trinajstić information content (AvgIpc) is 2.60. The van der Waals surface area contributed by atoms with Crippen LogP contribution in [0.15, 0.2) is 54.6 Å². The quantitative estimate of drug-likeness (QED) is 0.791. The lowest BCUT2D eigenvalue weighted by Gasteiger charge is -2.30. The van der Waals surface area contributed by atoms with Gasteiger partial charge in [-0.25, -0.2) is 0 Å². The van der Waals surface area contributed by atoms with Gasteiger partial charge in [-0.3, -0.25) is 14.5 Å². The lowest BCUT2D eigenvalue weighted by molar-refractivity contribution is -0.149. The predicted molar refractivity (Wildman–Crippen MR) is 95.3 cm³/mol. The highest BCUT2D eigenvalue weighted by molar-refractivity contribution is 6.64. The zero-order valence-corrected chi connectivity index (χ0v) is 14.3. The number of hydrogen-bond acceptors (Lipinski definition) is 5. The van der Waals surface area contributed by atoms with Crippen LogP contribution in [0.3, 0.4) is 0 Å². The van der Waals surface area contributed by atoms with E-state index in [0.717, 1.165) is 11.1 Å². The molecule has 1 heterocycles. The zero-order chi connectivity index (χ0) is 17.8. The van der Waals surface area contributed by atoms with E-state index in [0.29, 0.717) is 11.9 Å². The molecule has 0 aliphatic carbocycles. The molecule has 0 N–H and O–H groups in total. The van der Waals surface area contributed by atoms with Crippen LogP contribution in [-0.2, 0) is 25.3 Å². The van der Waals surface area contributed by atoms with Gasteiger partial charge in [0, 0.05) is 5.46 Å². The first-order valence-corrected chi connectivity index (χ1v) is 8.24. The van der Waals surface area contributed by atoms with E-state index in [-0.39, 0.29) is 6.54 Å². The molecule has 2 aromatic rings. The number of aryl methyl sites for hydroxylation is 1. The van der Waals surface area contributed by atoms with Gasteiger partial charge in [-0.15, -0.1) is 0 Å². The van der Waals surface area contributed by atoms with Gasteiger partial charge >= 0.3 is 19.1 Å². The van der Waals surface area contributed by atoms with Crippen LogP contribution in [-0.4, -0.2) is 43.6 Å². The van der Waals surface area contributed by atoms with E-state index in [4.69, 9.17) is 9.31 Å². The van der Waals surface area contributed by atoms with Gasteiger partial charge < -0.3 is 9.31 Å². The standard InChI is InChI=1S/C19H20BNO4/c1-14-8-6-7-9-15(14)12-17-19(23)25-20(16-10-4-3-5-11-16)24-18(22)13-21(17)2/h3-11,17H,12-13H2,1-2H3/t17-/m0/s1. The molecule has 1 fully saturated rings. The first-order valence-electron chi connectivity index (χ1n) is 8.24. The molecule has 0 amide bonds. The molecule has 3 rings (SSSR count). The van der Waals surface area contributed by atoms with E-state index < -0.39 is 25.1 Å². The van der Waals surface area contributed by atoms with Crippen LogP contribution < -0.4 is 5.46 Å². The van der Waals surface area contributed by atoms with Crippen molar-refractivity contribution in [2.75, 3.05) is 13.6 Å². The number of likely N-dealkylation sites (N-methyl/N-ethyl adjacent to an activating group) is 1. The summed E-state index contributed by atoms with van der Waals surface area (Å²) in [6.07, 6.45) is 0.483. The molecule has 2 aromatic carbocycles. The fraction of sp³-hybridized carbons (Fsp3) is 0.263. The van der Waals surface area contributed by atoms with Crippen molar-refractivity contribution >= 4 is 24.5 Å². The Morgan fingerprint density at radius 3 is 2.44 bits per heavy atom. The number of benzene rings is 2. The van der Waals surface area contributed by atoms with Crippen LogP contribution in [0, 0.1) is 6.92 Å². The smallest absolute Gasteiger partial charge is 0.494 e. The maximum absolute atomic E-state index is 12.7. The van der Waals surface area contributed by atoms with Crippen LogP contribution in [0.25, 0.3) is 0 Å². The molecule has 1 aliphatic rings. The van der Waals surface area contributed by atoms with Gasteiger partial charge in [0.25, 0.3) is 0 Å². The summed E-state index contributed by atoms with van der Waals surface area (Å²) in [5.41, 5.74) is 2.80. The number of carbonyl (C=O) groups excluding carboxylic acids is 2. The molecular weight excluding hydrogens is 317 g/mol. The summed E-state index contributed by atoms with van der Waals surface area (Å²) < 4.78 is 10.8. The highest BCUT2D eigenvalue weighted by Gasteiger charge is 2.38. The van der Waals surface area contributed by atoms with Crippen molar-refractivity contribution in [3.63, 3.8) is 0 Å². The third-order valence-electron chi connectivity index (χ3n) is 4.39. The van der Waals surface area contributed by atoms with E-state index in [2.05, 4.69) is 0 Å². The molecule has 5 nitrogen and oxygen atoms in total. The fourth-order valence-electron chi connectivity index (χ4n) is 2.89. The van der Waals surface area contributed by atoms with Crippen LogP contribution in [0.4, 0.5) is 0 Å². The number of rotatable bonds is 3. The molecule has 128 valence electrons. The molecule has 1 atom stereocenters. The first kappa shape index (κ1) is 17.2. The topological polar surface area (TPSA) is 55.8 Å². The second kappa shape index (κ2) is 7.53. The number of nitrogens with zero attached hydrogens (tertiary/aromatic N) is 1. The molecule has 0 aromatic heterocycles. The molecule has 1 aliphatic heterocycles. The summed E-state index contributed by atoms with van der Waals surface area (Å²) in [4.78, 5) is 26.6. The summed E-state index contributed by atoms with van der Waals surface area (Å²) in [7, 11) is 0.725. The Morgan fingerprint density at radius 1 is 1.04 bits per heavy atom. The van der Waals surface area contributed by atoms with Crippen LogP contribution >= 0.6 is 0 Å². The van der Waals surface area contributed by atoms with Gasteiger partial charge in [0.1, 0.15) is 6.04 Å². The Morgan fingerprint density at radius 2 is 1.72 bits per heavy atom. The van der Waals surface area contributed by atoms with E-state index in [1.807, 2.05) is 49.4 Å². The molecule has 0 saturated carbocycles. The second-order valence-corrected chi connectivity index (χ2v) is 6.23. The normalized spacial score (nSPS) is 19.0. The van der Waals surface area contributed by atoms with E-state index in [9.17, 15) is 9.59 Å². The highest BCUT2D eigenvalue weighted by atomic mass is 16.6. The van der Waals surface area contributed by atoms with Crippen molar-refractivity contribution in [2.45, 2.75) is 19.4 Å². The van der Waals surface area contributed by atoms with E-state index in [1.165, 1.54) is 0 Å². The van der Waals surface area contributed by atoms with Crippen molar-refractivity contribution in [3.8, 4) is 0 Å². The third-order valence-corrected chi connectivity index (χ3v) is 4.39. The van der Waals surface area contributed by atoms with Gasteiger partial charge in [0.15, 0.2) is 0 Å². The molecule has 0 unspecified atom stereocenters. The fourth-order valence-corrected chi connectivity index (χ4v) is 2.89. The van der Waals surface area contributed by atoms with Crippen molar-refractivity contribution in [3.05, 3.63) is 65.7 Å². The second-order valence-electron chi connectivity index (χ2n) is 6.23. The van der Waals surface area contributed by atoms with Crippen molar-refractivity contribution in [1.82, 2.24) is 4.90 Å². The minimum absolute atomic E-state index is 0.0367. The van der Waals surface area contributed by atoms with Gasteiger partial charge in [-0.1, -0.05) is 54.6 Å². The minimum atomic E-state index is -1.01. The van der Waals surface area contributed by atoms with Crippen LogP contribution in [0.1, 0.15) is 11.1 Å². The molecule has 1 saturated heterocycles. The van der Waals surface area contributed by atoms with Gasteiger partial charge in [-0.2, -0.15) is 0 Å². The number of hydrogen-bond donors (Lipinski definition) is 0. The molecule has 25 heavy (non-hydrogen) atoms. The number of carbonyl (C=O) groups is 2. The van der Waals surface area contributed by atoms with Gasteiger partial charge in [0.05, 0.1) is 6.54 Å². The third kappa shape index (κ3) is 4.09. The summed E-state index contributed by atoms with van der Waals surface area (Å²) in [5.74, 6) is -0.814. The average molecular weight is 337 g/mol. The SMILES string of the molecule is Cc1ccccc1C[C@H]1C(=O)OB(c2ccccc2)OC(=O)CN1C. The Balaban J connectivity index is 1.84. The first-order chi connectivity index (χ1) is 12.0. The molecular formula is C19H20BNO4. The zero-order valence-electron chi connectivity index (χ0n) is 14.3. The van der Waals surface area contributed by atoms with E-state index >= 15 is 0 Å². The molecule has 0 bridgehead atoms. The molecule has 0 spiro atoms. The van der Waals surface area contributed by atoms with Crippen molar-refractivity contribution < 1.29 is 18.9 Å². The Labute approximate surface area is 147 Å². The van der Waals surface area contributed by atoms with Crippen molar-refractivity contribution in [2.24, 2.45) is 0 Å². The lowest BCUT2D eigenvalue weighted by Crippen LogP contribution is -2.53. The monoisotopic (exact) mass is 337 g/mol. The Bertz CT molecular complexity index is 765. The summed E-state index contributed by atoms with van der Waals surface area (Å²) >= 11 is 0. The maximum atomic E-state index is 12.7. The van der Waals surface area contributed by atoms with E-state index in [1.54, 1.807) is 24.1 Å². The lowest BCUT2D eigenvalue weighted by atomic mass is 9.78. The highest BCUT2D eigenvalue weighted by Crippen LogP contribution is 2.16. The van der Waals surface area contributed by atoms with Crippen LogP contribution in [0.2, 0.25) is 0 Å². The van der Waals surface area contributed by atoms with Gasteiger partial charge in [0.2, 0.25) is 0 Å². The molecule has 6 heteroatoms. The van der Waals surface area contributed by atoms with Gasteiger partial charge in [-0.05, 0) is 31.5 Å². The summed E-state index contributed by atoms with van der Waals surface area (Å²) in [6.45, 7) is 2.04. The predicted octanol–water partition coefficient (Wildman–Crippen LogP) is 1.33. The Kier molecular flexibility index (Phi) is 5.19. The molecule has 0 radical (unpaired) electrons. The summed E-state index contributed by atoms with van der Waals surface area (Å²) in [5, 5.41) is 0. The van der Waals surface area contributed by atoms with Crippen molar-refractivity contribution in [1.29, 1.82) is 0 Å².